The summed E-state index contributed by atoms with van der Waals surface area (Å²) in [5, 5.41) is 5.75. The maximum absolute atomic E-state index is 12.3. The van der Waals surface area contributed by atoms with Crippen molar-refractivity contribution >= 4 is 34.5 Å². The third kappa shape index (κ3) is 4.32. The molecular formula is C22H21ClN2O2S. The van der Waals surface area contributed by atoms with Gasteiger partial charge in [-0.05, 0) is 53.8 Å². The second-order valence-corrected chi connectivity index (χ2v) is 8.07. The monoisotopic (exact) mass is 412 g/mol. The Morgan fingerprint density at radius 1 is 1.14 bits per heavy atom. The van der Waals surface area contributed by atoms with Crippen LogP contribution in [0.25, 0.3) is 0 Å². The van der Waals surface area contributed by atoms with Crippen molar-refractivity contribution in [2.75, 3.05) is 24.6 Å². The summed E-state index contributed by atoms with van der Waals surface area (Å²) in [6, 6.07) is 19.8. The van der Waals surface area contributed by atoms with E-state index in [1.54, 1.807) is 35.6 Å². The summed E-state index contributed by atoms with van der Waals surface area (Å²) in [7, 11) is 0. The van der Waals surface area contributed by atoms with Crippen LogP contribution in [0, 0.1) is 0 Å². The molecule has 28 heavy (non-hydrogen) atoms. The largest absolute Gasteiger partial charge is 0.484 e. The number of rotatable bonds is 7. The lowest BCUT2D eigenvalue weighted by molar-refractivity contribution is -0.123. The summed E-state index contributed by atoms with van der Waals surface area (Å²) in [6.45, 7) is 1.48. The van der Waals surface area contributed by atoms with Crippen molar-refractivity contribution in [2.24, 2.45) is 0 Å². The van der Waals surface area contributed by atoms with Gasteiger partial charge in [-0.25, -0.2) is 0 Å². The lowest BCUT2D eigenvalue weighted by atomic mass is 10.1. The van der Waals surface area contributed by atoms with Crippen LogP contribution in [0.5, 0.6) is 5.75 Å². The zero-order valence-electron chi connectivity index (χ0n) is 15.3. The highest BCUT2D eigenvalue weighted by Crippen LogP contribution is 2.36. The number of anilines is 1. The molecule has 0 fully saturated rings. The van der Waals surface area contributed by atoms with Gasteiger partial charge in [0, 0.05) is 28.7 Å². The SMILES string of the molecule is O=C(COc1ccc(Cl)cc1)NCC(c1cccs1)N1CCc2ccccc21. The molecule has 1 aromatic heterocycles. The Balaban J connectivity index is 1.40. The van der Waals surface area contributed by atoms with Gasteiger partial charge in [0.1, 0.15) is 5.75 Å². The van der Waals surface area contributed by atoms with E-state index in [0.29, 0.717) is 17.3 Å². The van der Waals surface area contributed by atoms with E-state index in [-0.39, 0.29) is 18.6 Å². The minimum Gasteiger partial charge on any atom is -0.484 e. The van der Waals surface area contributed by atoms with Crippen molar-refractivity contribution in [2.45, 2.75) is 12.5 Å². The number of carbonyl (C=O) groups is 1. The number of carbonyl (C=O) groups excluding carboxylic acids is 1. The zero-order valence-corrected chi connectivity index (χ0v) is 16.9. The molecule has 1 N–H and O–H groups in total. The molecule has 1 aliphatic rings. The van der Waals surface area contributed by atoms with Gasteiger partial charge in [0.15, 0.2) is 6.61 Å². The van der Waals surface area contributed by atoms with Gasteiger partial charge in [0.25, 0.3) is 5.91 Å². The van der Waals surface area contributed by atoms with Crippen molar-refractivity contribution in [1.29, 1.82) is 0 Å². The molecule has 1 unspecified atom stereocenters. The van der Waals surface area contributed by atoms with Gasteiger partial charge >= 0.3 is 0 Å². The highest BCUT2D eigenvalue weighted by molar-refractivity contribution is 7.10. The first-order valence-corrected chi connectivity index (χ1v) is 10.5. The quantitative estimate of drug-likeness (QED) is 0.611. The van der Waals surface area contributed by atoms with Crippen molar-refractivity contribution < 1.29 is 9.53 Å². The Morgan fingerprint density at radius 2 is 1.96 bits per heavy atom. The molecule has 0 spiro atoms. The molecule has 4 nitrogen and oxygen atoms in total. The number of nitrogens with zero attached hydrogens (tertiary/aromatic N) is 1. The summed E-state index contributed by atoms with van der Waals surface area (Å²) < 4.78 is 5.55. The van der Waals surface area contributed by atoms with Crippen LogP contribution in [-0.4, -0.2) is 25.6 Å². The molecule has 0 bridgehead atoms. The van der Waals surface area contributed by atoms with Gasteiger partial charge in [-0.15, -0.1) is 11.3 Å². The molecule has 2 aromatic carbocycles. The number of benzene rings is 2. The summed E-state index contributed by atoms with van der Waals surface area (Å²) in [6.07, 6.45) is 1.03. The molecule has 2 heterocycles. The van der Waals surface area contributed by atoms with E-state index in [2.05, 4.69) is 52.0 Å². The smallest absolute Gasteiger partial charge is 0.258 e. The lowest BCUT2D eigenvalue weighted by Crippen LogP contribution is -2.38. The van der Waals surface area contributed by atoms with Crippen molar-refractivity contribution in [3.05, 3.63) is 81.5 Å². The number of amides is 1. The van der Waals surface area contributed by atoms with Crippen LogP contribution >= 0.6 is 22.9 Å². The molecule has 0 aliphatic carbocycles. The van der Waals surface area contributed by atoms with Crippen LogP contribution in [-0.2, 0) is 11.2 Å². The fourth-order valence-electron chi connectivity index (χ4n) is 3.47. The Morgan fingerprint density at radius 3 is 2.75 bits per heavy atom. The number of para-hydroxylation sites is 1. The van der Waals surface area contributed by atoms with Crippen molar-refractivity contribution in [3.8, 4) is 5.75 Å². The summed E-state index contributed by atoms with van der Waals surface area (Å²) in [5.74, 6) is 0.492. The maximum Gasteiger partial charge on any atom is 0.258 e. The average Bonchev–Trinajstić information content (AvgIpc) is 3.39. The van der Waals surface area contributed by atoms with Crippen LogP contribution in [0.15, 0.2) is 66.0 Å². The molecule has 0 radical (unpaired) electrons. The number of thiophene rings is 1. The number of hydrogen-bond donors (Lipinski definition) is 1. The number of halogens is 1. The first-order valence-electron chi connectivity index (χ1n) is 9.24. The van der Waals surface area contributed by atoms with Gasteiger partial charge in [-0.1, -0.05) is 35.9 Å². The molecular weight excluding hydrogens is 392 g/mol. The fourth-order valence-corrected chi connectivity index (χ4v) is 4.44. The third-order valence-corrected chi connectivity index (χ3v) is 6.07. The fraction of sp³-hybridized carbons (Fsp3) is 0.227. The third-order valence-electron chi connectivity index (χ3n) is 4.85. The van der Waals surface area contributed by atoms with Crippen LogP contribution in [0.3, 0.4) is 0 Å². The molecule has 144 valence electrons. The summed E-state index contributed by atoms with van der Waals surface area (Å²) >= 11 is 7.59. The Bertz CT molecular complexity index is 928. The second-order valence-electron chi connectivity index (χ2n) is 6.65. The highest BCUT2D eigenvalue weighted by Gasteiger charge is 2.28. The number of hydrogen-bond acceptors (Lipinski definition) is 4. The first-order chi connectivity index (χ1) is 13.7. The standard InChI is InChI=1S/C22H21ClN2O2S/c23-17-7-9-18(10-8-17)27-15-22(26)24-14-20(21-6-3-13-28-21)25-12-11-16-4-1-2-5-19(16)25/h1-10,13,20H,11-12,14-15H2,(H,24,26). The van der Waals surface area contributed by atoms with E-state index in [1.807, 2.05) is 0 Å². The average molecular weight is 413 g/mol. The van der Waals surface area contributed by atoms with Gasteiger partial charge in [-0.3, -0.25) is 4.79 Å². The number of fused-ring (bicyclic) bond motifs is 1. The summed E-state index contributed by atoms with van der Waals surface area (Å²) in [5.41, 5.74) is 2.62. The lowest BCUT2D eigenvalue weighted by Gasteiger charge is -2.30. The Labute approximate surface area is 173 Å². The molecule has 4 rings (SSSR count). The highest BCUT2D eigenvalue weighted by atomic mass is 35.5. The first kappa shape index (κ1) is 18.8. The van der Waals surface area contributed by atoms with Crippen LogP contribution in [0.2, 0.25) is 5.02 Å². The Hall–Kier alpha value is -2.50. The van der Waals surface area contributed by atoms with E-state index in [0.717, 1.165) is 13.0 Å². The van der Waals surface area contributed by atoms with Crippen LogP contribution in [0.4, 0.5) is 5.69 Å². The van der Waals surface area contributed by atoms with E-state index >= 15 is 0 Å². The minimum absolute atomic E-state index is 0.0185. The van der Waals surface area contributed by atoms with E-state index < -0.39 is 0 Å². The molecule has 3 aromatic rings. The van der Waals surface area contributed by atoms with Gasteiger partial charge in [-0.2, -0.15) is 0 Å². The van der Waals surface area contributed by atoms with Gasteiger partial charge in [0.2, 0.25) is 0 Å². The molecule has 0 saturated carbocycles. The zero-order chi connectivity index (χ0) is 19.3. The van der Waals surface area contributed by atoms with Crippen molar-refractivity contribution in [1.82, 2.24) is 5.32 Å². The maximum atomic E-state index is 12.3. The molecule has 6 heteroatoms. The molecule has 0 saturated heterocycles. The van der Waals surface area contributed by atoms with Gasteiger partial charge in [0.05, 0.1) is 6.04 Å². The normalized spacial score (nSPS) is 13.8. The second kappa shape index (κ2) is 8.67. The molecule has 1 amide bonds. The predicted molar refractivity (Wildman–Crippen MR) is 115 cm³/mol. The summed E-state index contributed by atoms with van der Waals surface area (Å²) in [4.78, 5) is 16.0. The van der Waals surface area contributed by atoms with Crippen molar-refractivity contribution in [3.63, 3.8) is 0 Å². The van der Waals surface area contributed by atoms with E-state index in [9.17, 15) is 4.79 Å². The number of nitrogens with one attached hydrogen (secondary N) is 1. The van der Waals surface area contributed by atoms with E-state index in [4.69, 9.17) is 16.3 Å². The topological polar surface area (TPSA) is 41.6 Å². The molecule has 1 atom stereocenters. The predicted octanol–water partition coefficient (Wildman–Crippen LogP) is 4.70. The number of ether oxygens (including phenoxy) is 1. The van der Waals surface area contributed by atoms with E-state index in [1.165, 1.54) is 16.1 Å². The molecule has 1 aliphatic heterocycles. The van der Waals surface area contributed by atoms with Crippen LogP contribution in [0.1, 0.15) is 16.5 Å². The van der Waals surface area contributed by atoms with Gasteiger partial charge < -0.3 is 15.0 Å². The van der Waals surface area contributed by atoms with Crippen LogP contribution < -0.4 is 15.0 Å². The minimum atomic E-state index is -0.135. The Kier molecular flexibility index (Phi) is 5.84.